The predicted molar refractivity (Wildman–Crippen MR) is 70.1 cm³/mol. The van der Waals surface area contributed by atoms with E-state index in [4.69, 9.17) is 11.6 Å². The van der Waals surface area contributed by atoms with Crippen LogP contribution in [0, 0.1) is 5.92 Å². The van der Waals surface area contributed by atoms with Gasteiger partial charge in [0.25, 0.3) is 0 Å². The van der Waals surface area contributed by atoms with Crippen LogP contribution in [-0.4, -0.2) is 18.7 Å². The zero-order valence-corrected chi connectivity index (χ0v) is 11.0. The van der Waals surface area contributed by atoms with E-state index in [0.29, 0.717) is 10.9 Å². The molecule has 0 bridgehead atoms. The molecule has 0 aliphatic carbocycles. The van der Waals surface area contributed by atoms with E-state index in [9.17, 15) is 5.11 Å². The number of hydrogen-bond acceptors (Lipinski definition) is 2. The molecule has 0 saturated heterocycles. The lowest BCUT2D eigenvalue weighted by Gasteiger charge is -2.23. The summed E-state index contributed by atoms with van der Waals surface area (Å²) < 4.78 is 0. The van der Waals surface area contributed by atoms with E-state index in [2.05, 4.69) is 18.7 Å². The molecule has 0 aliphatic heterocycles. The third kappa shape index (κ3) is 3.69. The van der Waals surface area contributed by atoms with Crippen LogP contribution in [0.3, 0.4) is 0 Å². The van der Waals surface area contributed by atoms with Crippen molar-refractivity contribution in [3.8, 4) is 0 Å². The van der Waals surface area contributed by atoms with Crippen molar-refractivity contribution in [1.29, 1.82) is 0 Å². The van der Waals surface area contributed by atoms with Gasteiger partial charge in [0.2, 0.25) is 0 Å². The highest BCUT2D eigenvalue weighted by atomic mass is 35.5. The highest BCUT2D eigenvalue weighted by Crippen LogP contribution is 2.24. The molecule has 0 spiro atoms. The first-order valence-electron chi connectivity index (χ1n) is 5.65. The fourth-order valence-electron chi connectivity index (χ4n) is 1.60. The fourth-order valence-corrected chi connectivity index (χ4v) is 1.76. The van der Waals surface area contributed by atoms with Gasteiger partial charge in [-0.15, -0.1) is 0 Å². The van der Waals surface area contributed by atoms with Crippen LogP contribution in [0.15, 0.2) is 18.2 Å². The maximum Gasteiger partial charge on any atom is 0.0702 e. The lowest BCUT2D eigenvalue weighted by atomic mass is 10.1. The second-order valence-corrected chi connectivity index (χ2v) is 4.97. The molecule has 0 aromatic heterocycles. The van der Waals surface area contributed by atoms with E-state index in [1.54, 1.807) is 0 Å². The molecule has 0 aliphatic rings. The van der Waals surface area contributed by atoms with Gasteiger partial charge in [-0.05, 0) is 24.5 Å². The Kier molecular flexibility index (Phi) is 5.10. The maximum absolute atomic E-state index is 9.27. The summed E-state index contributed by atoms with van der Waals surface area (Å²) in [7, 11) is 2.03. The van der Waals surface area contributed by atoms with Crippen LogP contribution in [0.5, 0.6) is 0 Å². The van der Waals surface area contributed by atoms with Crippen LogP contribution in [0.4, 0.5) is 5.69 Å². The molecule has 3 heteroatoms. The summed E-state index contributed by atoms with van der Waals surface area (Å²) in [5, 5.41) is 9.98. The molecule has 0 atom stereocenters. The van der Waals surface area contributed by atoms with Gasteiger partial charge in [0.15, 0.2) is 0 Å². The molecule has 1 aromatic carbocycles. The minimum Gasteiger partial charge on any atom is -0.392 e. The van der Waals surface area contributed by atoms with Gasteiger partial charge in [0.1, 0.15) is 0 Å². The van der Waals surface area contributed by atoms with Crippen LogP contribution in [-0.2, 0) is 6.61 Å². The van der Waals surface area contributed by atoms with Crippen LogP contribution in [0.25, 0.3) is 0 Å². The van der Waals surface area contributed by atoms with E-state index < -0.39 is 0 Å². The highest BCUT2D eigenvalue weighted by molar-refractivity contribution is 6.30. The van der Waals surface area contributed by atoms with E-state index in [0.717, 1.165) is 24.2 Å². The van der Waals surface area contributed by atoms with Crippen molar-refractivity contribution in [3.63, 3.8) is 0 Å². The Labute approximate surface area is 103 Å². The van der Waals surface area contributed by atoms with Gasteiger partial charge >= 0.3 is 0 Å². The summed E-state index contributed by atoms with van der Waals surface area (Å²) in [6, 6.07) is 5.60. The maximum atomic E-state index is 9.27. The first-order chi connectivity index (χ1) is 7.54. The van der Waals surface area contributed by atoms with Gasteiger partial charge in [-0.1, -0.05) is 31.5 Å². The average molecular weight is 242 g/mol. The SMILES string of the molecule is CC(C)CCN(C)c1cc(Cl)ccc1CO. The number of benzene rings is 1. The number of hydrogen-bond donors (Lipinski definition) is 1. The molecule has 16 heavy (non-hydrogen) atoms. The molecule has 0 radical (unpaired) electrons. The largest absolute Gasteiger partial charge is 0.392 e. The Morgan fingerprint density at radius 2 is 2.06 bits per heavy atom. The highest BCUT2D eigenvalue weighted by Gasteiger charge is 2.08. The minimum absolute atomic E-state index is 0.0541. The molecule has 0 heterocycles. The van der Waals surface area contributed by atoms with Gasteiger partial charge in [-0.25, -0.2) is 0 Å². The average Bonchev–Trinajstić information content (AvgIpc) is 2.25. The zero-order valence-electron chi connectivity index (χ0n) is 10.2. The first kappa shape index (κ1) is 13.3. The Morgan fingerprint density at radius 1 is 1.38 bits per heavy atom. The molecule has 1 rings (SSSR count). The Hall–Kier alpha value is -0.730. The molecule has 1 aromatic rings. The summed E-state index contributed by atoms with van der Waals surface area (Å²) in [5.41, 5.74) is 1.95. The topological polar surface area (TPSA) is 23.5 Å². The molecule has 0 fully saturated rings. The van der Waals surface area contributed by atoms with Crippen molar-refractivity contribution < 1.29 is 5.11 Å². The van der Waals surface area contributed by atoms with Gasteiger partial charge in [0, 0.05) is 29.9 Å². The molecule has 0 amide bonds. The van der Waals surface area contributed by atoms with Crippen molar-refractivity contribution >= 4 is 17.3 Å². The van der Waals surface area contributed by atoms with Crippen molar-refractivity contribution in [2.24, 2.45) is 5.92 Å². The number of nitrogens with zero attached hydrogens (tertiary/aromatic N) is 1. The Morgan fingerprint density at radius 3 is 2.62 bits per heavy atom. The monoisotopic (exact) mass is 241 g/mol. The summed E-state index contributed by atoms with van der Waals surface area (Å²) in [4.78, 5) is 2.15. The second kappa shape index (κ2) is 6.12. The summed E-state index contributed by atoms with van der Waals surface area (Å²) >= 11 is 5.97. The van der Waals surface area contributed by atoms with Crippen molar-refractivity contribution in [2.75, 3.05) is 18.5 Å². The number of halogens is 1. The number of aliphatic hydroxyl groups excluding tert-OH is 1. The summed E-state index contributed by atoms with van der Waals surface area (Å²) in [5.74, 6) is 0.680. The number of anilines is 1. The number of aliphatic hydroxyl groups is 1. The molecule has 1 N–H and O–H groups in total. The lowest BCUT2D eigenvalue weighted by molar-refractivity contribution is 0.282. The second-order valence-electron chi connectivity index (χ2n) is 4.54. The van der Waals surface area contributed by atoms with Crippen LogP contribution >= 0.6 is 11.6 Å². The third-order valence-electron chi connectivity index (χ3n) is 2.67. The predicted octanol–water partition coefficient (Wildman–Crippen LogP) is 3.31. The minimum atomic E-state index is 0.0541. The molecule has 90 valence electrons. The van der Waals surface area contributed by atoms with Crippen molar-refractivity contribution in [2.45, 2.75) is 26.9 Å². The van der Waals surface area contributed by atoms with Gasteiger partial charge in [-0.3, -0.25) is 0 Å². The molecule has 0 unspecified atom stereocenters. The Bertz CT molecular complexity index is 339. The first-order valence-corrected chi connectivity index (χ1v) is 6.02. The van der Waals surface area contributed by atoms with Crippen molar-refractivity contribution in [3.05, 3.63) is 28.8 Å². The van der Waals surface area contributed by atoms with Crippen LogP contribution in [0.2, 0.25) is 5.02 Å². The molecular weight excluding hydrogens is 222 g/mol. The fraction of sp³-hybridized carbons (Fsp3) is 0.538. The molecule has 2 nitrogen and oxygen atoms in total. The molecule has 0 saturated carbocycles. The van der Waals surface area contributed by atoms with Crippen LogP contribution in [0.1, 0.15) is 25.8 Å². The van der Waals surface area contributed by atoms with Crippen molar-refractivity contribution in [1.82, 2.24) is 0 Å². The number of rotatable bonds is 5. The normalized spacial score (nSPS) is 10.9. The Balaban J connectivity index is 2.80. The van der Waals surface area contributed by atoms with E-state index in [-0.39, 0.29) is 6.61 Å². The van der Waals surface area contributed by atoms with Gasteiger partial charge in [-0.2, -0.15) is 0 Å². The summed E-state index contributed by atoms with van der Waals surface area (Å²) in [6.07, 6.45) is 1.13. The smallest absolute Gasteiger partial charge is 0.0702 e. The van der Waals surface area contributed by atoms with E-state index >= 15 is 0 Å². The third-order valence-corrected chi connectivity index (χ3v) is 2.91. The van der Waals surface area contributed by atoms with E-state index in [1.165, 1.54) is 0 Å². The lowest BCUT2D eigenvalue weighted by Crippen LogP contribution is -2.21. The van der Waals surface area contributed by atoms with Gasteiger partial charge < -0.3 is 10.0 Å². The van der Waals surface area contributed by atoms with Crippen LogP contribution < -0.4 is 4.90 Å². The van der Waals surface area contributed by atoms with E-state index in [1.807, 2.05) is 25.2 Å². The summed E-state index contributed by atoms with van der Waals surface area (Å²) in [6.45, 7) is 5.45. The standard InChI is InChI=1S/C13H20ClNO/c1-10(2)6-7-15(3)13-8-12(14)5-4-11(13)9-16/h4-5,8,10,16H,6-7,9H2,1-3H3. The quantitative estimate of drug-likeness (QED) is 0.855. The van der Waals surface area contributed by atoms with Gasteiger partial charge in [0.05, 0.1) is 6.61 Å². The molecular formula is C13H20ClNO. The zero-order chi connectivity index (χ0) is 12.1.